The molecular formula is C29H29N3O4S. The number of amides is 1. The molecule has 7 nitrogen and oxygen atoms in total. The number of nitrogens with one attached hydrogen (secondary N) is 1. The molecule has 37 heavy (non-hydrogen) atoms. The molecular weight excluding hydrogens is 486 g/mol. The number of aryl methyl sites for hydroxylation is 2. The van der Waals surface area contributed by atoms with Gasteiger partial charge in [0.2, 0.25) is 5.91 Å². The summed E-state index contributed by atoms with van der Waals surface area (Å²) in [5, 5.41) is 5.37. The Bertz CT molecular complexity index is 1540. The van der Waals surface area contributed by atoms with Crippen LogP contribution >= 0.6 is 11.3 Å². The van der Waals surface area contributed by atoms with Crippen LogP contribution in [0.3, 0.4) is 0 Å². The van der Waals surface area contributed by atoms with E-state index in [-0.39, 0.29) is 18.1 Å². The van der Waals surface area contributed by atoms with Crippen LogP contribution in [-0.4, -0.2) is 28.0 Å². The fourth-order valence-corrected chi connectivity index (χ4v) is 5.86. The van der Waals surface area contributed by atoms with Crippen molar-refractivity contribution in [1.82, 2.24) is 9.55 Å². The monoisotopic (exact) mass is 515 g/mol. The summed E-state index contributed by atoms with van der Waals surface area (Å²) < 4.78 is 6.47. The Morgan fingerprint density at radius 1 is 1.11 bits per heavy atom. The van der Waals surface area contributed by atoms with Gasteiger partial charge in [-0.2, -0.15) is 0 Å². The largest absolute Gasteiger partial charge is 0.462 e. The van der Waals surface area contributed by atoms with Gasteiger partial charge in [0.05, 0.1) is 23.9 Å². The molecule has 1 unspecified atom stereocenters. The Morgan fingerprint density at radius 2 is 1.92 bits per heavy atom. The van der Waals surface area contributed by atoms with Gasteiger partial charge in [0.1, 0.15) is 10.9 Å². The summed E-state index contributed by atoms with van der Waals surface area (Å²) in [6.07, 6.45) is 6.42. The first-order chi connectivity index (χ1) is 18.0. The number of benzene rings is 2. The molecule has 0 aliphatic heterocycles. The standard InChI is InChI=1S/C29H29N3O4S/c1-3-24(26(33)31-22-11-7-10-21(15-22)29(35)36-4-2)32-17-30-27-25(28(32)34)23(16-37-27)20-13-12-18-8-5-6-9-19(18)14-20/h7,10-17,24H,3-6,8-9H2,1-2H3,(H,31,33). The fourth-order valence-electron chi connectivity index (χ4n) is 4.95. The molecule has 1 aliphatic rings. The zero-order chi connectivity index (χ0) is 25.9. The number of esters is 1. The summed E-state index contributed by atoms with van der Waals surface area (Å²) >= 11 is 1.44. The summed E-state index contributed by atoms with van der Waals surface area (Å²) in [7, 11) is 0. The number of thiophene rings is 1. The number of hydrogen-bond donors (Lipinski definition) is 1. The number of aromatic nitrogens is 2. The molecule has 0 saturated carbocycles. The summed E-state index contributed by atoms with van der Waals surface area (Å²) in [4.78, 5) is 44.3. The number of anilines is 1. The number of hydrogen-bond acceptors (Lipinski definition) is 6. The first kappa shape index (κ1) is 24.9. The van der Waals surface area contributed by atoms with E-state index in [4.69, 9.17) is 4.74 Å². The topological polar surface area (TPSA) is 90.3 Å². The van der Waals surface area contributed by atoms with E-state index in [9.17, 15) is 14.4 Å². The normalized spacial score (nSPS) is 13.7. The number of rotatable bonds is 7. The number of carbonyl (C=O) groups excluding carboxylic acids is 2. The zero-order valence-electron chi connectivity index (χ0n) is 21.0. The Morgan fingerprint density at radius 3 is 2.70 bits per heavy atom. The van der Waals surface area contributed by atoms with Crippen molar-refractivity contribution in [3.05, 3.63) is 81.2 Å². The van der Waals surface area contributed by atoms with E-state index in [2.05, 4.69) is 28.5 Å². The van der Waals surface area contributed by atoms with Crippen LogP contribution in [0.1, 0.15) is 60.6 Å². The minimum absolute atomic E-state index is 0.235. The highest BCUT2D eigenvalue weighted by Gasteiger charge is 2.23. The molecule has 8 heteroatoms. The van der Waals surface area contributed by atoms with Gasteiger partial charge in [-0.25, -0.2) is 9.78 Å². The lowest BCUT2D eigenvalue weighted by Gasteiger charge is -2.18. The Kier molecular flexibility index (Phi) is 7.19. The van der Waals surface area contributed by atoms with Crippen LogP contribution in [0.5, 0.6) is 0 Å². The quantitative estimate of drug-likeness (QED) is 0.316. The van der Waals surface area contributed by atoms with Crippen molar-refractivity contribution in [2.24, 2.45) is 0 Å². The lowest BCUT2D eigenvalue weighted by atomic mass is 9.89. The second-order valence-corrected chi connectivity index (χ2v) is 10.0. The smallest absolute Gasteiger partial charge is 0.338 e. The summed E-state index contributed by atoms with van der Waals surface area (Å²) in [6.45, 7) is 3.86. The van der Waals surface area contributed by atoms with E-state index in [1.54, 1.807) is 31.2 Å². The molecule has 4 aromatic rings. The third-order valence-electron chi connectivity index (χ3n) is 6.85. The van der Waals surface area contributed by atoms with Crippen LogP contribution in [0.4, 0.5) is 5.69 Å². The van der Waals surface area contributed by atoms with Crippen molar-refractivity contribution in [1.29, 1.82) is 0 Å². The van der Waals surface area contributed by atoms with Crippen molar-refractivity contribution in [2.45, 2.75) is 52.0 Å². The maximum absolute atomic E-state index is 13.7. The Hall–Kier alpha value is -3.78. The minimum Gasteiger partial charge on any atom is -0.462 e. The predicted octanol–water partition coefficient (Wildman–Crippen LogP) is 5.77. The van der Waals surface area contributed by atoms with Crippen LogP contribution in [0.2, 0.25) is 0 Å². The summed E-state index contributed by atoms with van der Waals surface area (Å²) in [5.41, 5.74) is 5.18. The maximum Gasteiger partial charge on any atom is 0.338 e. The van der Waals surface area contributed by atoms with Crippen molar-refractivity contribution >= 4 is 39.1 Å². The molecule has 0 spiro atoms. The molecule has 1 amide bonds. The highest BCUT2D eigenvalue weighted by molar-refractivity contribution is 7.17. The predicted molar refractivity (Wildman–Crippen MR) is 146 cm³/mol. The molecule has 2 aromatic carbocycles. The Labute approximate surface area is 219 Å². The van der Waals surface area contributed by atoms with Crippen LogP contribution in [0.15, 0.2) is 59.0 Å². The molecule has 190 valence electrons. The zero-order valence-corrected chi connectivity index (χ0v) is 21.8. The molecule has 1 aliphatic carbocycles. The Balaban J connectivity index is 1.47. The highest BCUT2D eigenvalue weighted by Crippen LogP contribution is 2.34. The van der Waals surface area contributed by atoms with E-state index in [0.717, 1.165) is 24.0 Å². The molecule has 0 bridgehead atoms. The molecule has 1 N–H and O–H groups in total. The molecule has 1 atom stereocenters. The van der Waals surface area contributed by atoms with Gasteiger partial charge in [0.25, 0.3) is 5.56 Å². The first-order valence-corrected chi connectivity index (χ1v) is 13.6. The van der Waals surface area contributed by atoms with Crippen LogP contribution in [-0.2, 0) is 22.4 Å². The van der Waals surface area contributed by atoms with E-state index < -0.39 is 12.0 Å². The van der Waals surface area contributed by atoms with Crippen molar-refractivity contribution in [2.75, 3.05) is 11.9 Å². The summed E-state index contributed by atoms with van der Waals surface area (Å²) in [6, 6.07) is 12.3. The van der Waals surface area contributed by atoms with Gasteiger partial charge in [0, 0.05) is 16.6 Å². The van der Waals surface area contributed by atoms with E-state index >= 15 is 0 Å². The van der Waals surface area contributed by atoms with E-state index in [1.165, 1.54) is 46.2 Å². The maximum atomic E-state index is 13.7. The van der Waals surface area contributed by atoms with Crippen LogP contribution in [0.25, 0.3) is 21.3 Å². The number of carbonyl (C=O) groups is 2. The van der Waals surface area contributed by atoms with Crippen molar-refractivity contribution in [3.8, 4) is 11.1 Å². The molecule has 0 radical (unpaired) electrons. The van der Waals surface area contributed by atoms with Gasteiger partial charge in [-0.3, -0.25) is 14.2 Å². The highest BCUT2D eigenvalue weighted by atomic mass is 32.1. The molecule has 0 fully saturated rings. The second-order valence-electron chi connectivity index (χ2n) is 9.19. The van der Waals surface area contributed by atoms with E-state index in [1.807, 2.05) is 12.3 Å². The summed E-state index contributed by atoms with van der Waals surface area (Å²) in [5.74, 6) is -0.805. The molecule has 5 rings (SSSR count). The van der Waals surface area contributed by atoms with Gasteiger partial charge in [-0.15, -0.1) is 11.3 Å². The lowest BCUT2D eigenvalue weighted by Crippen LogP contribution is -2.33. The SMILES string of the molecule is CCOC(=O)c1cccc(NC(=O)C(CC)n2cnc3scc(-c4ccc5c(c4)CCCC5)c3c2=O)c1. The van der Waals surface area contributed by atoms with Crippen LogP contribution < -0.4 is 10.9 Å². The first-order valence-electron chi connectivity index (χ1n) is 12.7. The van der Waals surface area contributed by atoms with Crippen molar-refractivity contribution in [3.63, 3.8) is 0 Å². The number of nitrogens with zero attached hydrogens (tertiary/aromatic N) is 2. The fraction of sp³-hybridized carbons (Fsp3) is 0.310. The van der Waals surface area contributed by atoms with Gasteiger partial charge in [-0.05, 0) is 73.9 Å². The third kappa shape index (κ3) is 4.93. The van der Waals surface area contributed by atoms with Gasteiger partial charge < -0.3 is 10.1 Å². The molecule has 2 aromatic heterocycles. The molecule has 0 saturated heterocycles. The average molecular weight is 516 g/mol. The van der Waals surface area contributed by atoms with Gasteiger partial charge >= 0.3 is 5.97 Å². The van der Waals surface area contributed by atoms with Gasteiger partial charge in [0.15, 0.2) is 0 Å². The number of fused-ring (bicyclic) bond motifs is 2. The van der Waals surface area contributed by atoms with Crippen molar-refractivity contribution < 1.29 is 14.3 Å². The molecule has 2 heterocycles. The van der Waals surface area contributed by atoms with Crippen LogP contribution in [0, 0.1) is 0 Å². The van der Waals surface area contributed by atoms with Gasteiger partial charge in [-0.1, -0.05) is 31.2 Å². The average Bonchev–Trinajstić information content (AvgIpc) is 3.35. The lowest BCUT2D eigenvalue weighted by molar-refractivity contribution is -0.119. The second kappa shape index (κ2) is 10.7. The van der Waals surface area contributed by atoms with E-state index in [0.29, 0.717) is 27.9 Å². The minimum atomic E-state index is -0.757. The third-order valence-corrected chi connectivity index (χ3v) is 7.73. The number of ether oxygens (including phenoxy) is 1.